The average molecular weight is 483 g/mol. The minimum Gasteiger partial charge on any atom is -0.508 e. The van der Waals surface area contributed by atoms with Crippen LogP contribution in [0.5, 0.6) is 5.75 Å². The van der Waals surface area contributed by atoms with Gasteiger partial charge in [-0.15, -0.1) is 0 Å². The summed E-state index contributed by atoms with van der Waals surface area (Å²) in [4.78, 5) is 49.4. The highest BCUT2D eigenvalue weighted by molar-refractivity contribution is 5.94. The lowest BCUT2D eigenvalue weighted by Crippen LogP contribution is -2.61. The third kappa shape index (κ3) is 8.61. The van der Waals surface area contributed by atoms with E-state index in [9.17, 15) is 39.6 Å². The number of carbonyl (C=O) groups is 4. The topological polar surface area (TPSA) is 211 Å². The molecule has 0 heterocycles. The second-order valence-electron chi connectivity index (χ2n) is 8.49. The molecule has 1 rings (SSSR count). The van der Waals surface area contributed by atoms with Crippen molar-refractivity contribution in [1.29, 1.82) is 0 Å². The quantitative estimate of drug-likeness (QED) is 0.169. The number of phenols is 1. The number of nitrogens with two attached hydrogens (primary N) is 1. The molecule has 6 unspecified atom stereocenters. The number of aliphatic carboxylic acids is 1. The molecule has 0 aromatic heterocycles. The lowest BCUT2D eigenvalue weighted by molar-refractivity contribution is -0.142. The number of carboxylic acid groups (broad SMARTS) is 1. The van der Waals surface area contributed by atoms with Gasteiger partial charge in [0.15, 0.2) is 0 Å². The summed E-state index contributed by atoms with van der Waals surface area (Å²) < 4.78 is 0. The van der Waals surface area contributed by atoms with Crippen LogP contribution in [0.25, 0.3) is 0 Å². The van der Waals surface area contributed by atoms with Gasteiger partial charge in [0.2, 0.25) is 17.7 Å². The fourth-order valence-corrected chi connectivity index (χ4v) is 2.98. The van der Waals surface area contributed by atoms with E-state index in [1.54, 1.807) is 13.8 Å². The van der Waals surface area contributed by atoms with Crippen LogP contribution in [0.2, 0.25) is 0 Å². The Bertz CT molecular complexity index is 857. The standard InChI is InChI=1S/C22H34N4O8/c1-10(2)17(25-21(32)18(12(4)28)26-19(30)16(23)11(3)27)20(31)24-15(22(33)34)9-13-5-7-14(29)8-6-13/h5-8,10-12,15-18,27-29H,9,23H2,1-4H3,(H,24,31)(H,25,32)(H,26,30)(H,33,34). The van der Waals surface area contributed by atoms with Crippen LogP contribution in [0.15, 0.2) is 24.3 Å². The summed E-state index contributed by atoms with van der Waals surface area (Å²) in [6.45, 7) is 5.79. The molecule has 12 nitrogen and oxygen atoms in total. The van der Waals surface area contributed by atoms with Crippen LogP contribution in [0.3, 0.4) is 0 Å². The summed E-state index contributed by atoms with van der Waals surface area (Å²) >= 11 is 0. The fraction of sp³-hybridized carbons (Fsp3) is 0.545. The van der Waals surface area contributed by atoms with Crippen molar-refractivity contribution >= 4 is 23.7 Å². The lowest BCUT2D eigenvalue weighted by atomic mass is 10.00. The molecule has 12 heteroatoms. The second-order valence-corrected chi connectivity index (χ2v) is 8.49. The van der Waals surface area contributed by atoms with Crippen LogP contribution in [0.4, 0.5) is 0 Å². The molecule has 6 atom stereocenters. The van der Waals surface area contributed by atoms with E-state index >= 15 is 0 Å². The molecule has 190 valence electrons. The second kappa shape index (κ2) is 12.9. The molecular formula is C22H34N4O8. The number of aromatic hydroxyl groups is 1. The van der Waals surface area contributed by atoms with Gasteiger partial charge in [0.1, 0.15) is 29.9 Å². The van der Waals surface area contributed by atoms with Crippen molar-refractivity contribution in [3.8, 4) is 5.75 Å². The van der Waals surface area contributed by atoms with Crippen LogP contribution in [-0.4, -0.2) is 80.5 Å². The Hall–Kier alpha value is -3.22. The zero-order valence-corrected chi connectivity index (χ0v) is 19.6. The lowest BCUT2D eigenvalue weighted by Gasteiger charge is -2.28. The average Bonchev–Trinajstić information content (AvgIpc) is 2.74. The van der Waals surface area contributed by atoms with E-state index < -0.39 is 66.0 Å². The highest BCUT2D eigenvalue weighted by atomic mass is 16.4. The van der Waals surface area contributed by atoms with Crippen LogP contribution in [-0.2, 0) is 25.6 Å². The van der Waals surface area contributed by atoms with Crippen molar-refractivity contribution in [2.75, 3.05) is 0 Å². The predicted octanol–water partition coefficient (Wildman–Crippen LogP) is -1.78. The SMILES string of the molecule is CC(C)C(NC(=O)C(NC(=O)C(N)C(C)O)C(C)O)C(=O)NC(Cc1ccc(O)cc1)C(=O)O. The molecule has 0 saturated carbocycles. The molecule has 0 spiro atoms. The van der Waals surface area contributed by atoms with Gasteiger partial charge in [-0.1, -0.05) is 26.0 Å². The van der Waals surface area contributed by atoms with Crippen LogP contribution < -0.4 is 21.7 Å². The maximum atomic E-state index is 12.9. The van der Waals surface area contributed by atoms with Crippen LogP contribution >= 0.6 is 0 Å². The van der Waals surface area contributed by atoms with Crippen LogP contribution in [0, 0.1) is 5.92 Å². The predicted molar refractivity (Wildman–Crippen MR) is 121 cm³/mol. The van der Waals surface area contributed by atoms with Crippen molar-refractivity contribution in [2.24, 2.45) is 11.7 Å². The fourth-order valence-electron chi connectivity index (χ4n) is 2.98. The number of amides is 3. The molecule has 0 saturated heterocycles. The molecule has 0 radical (unpaired) electrons. The number of carboxylic acids is 1. The Labute approximate surface area is 197 Å². The number of nitrogens with one attached hydrogen (secondary N) is 3. The number of benzene rings is 1. The summed E-state index contributed by atoms with van der Waals surface area (Å²) in [6, 6.07) is 0.514. The highest BCUT2D eigenvalue weighted by Gasteiger charge is 2.34. The van der Waals surface area contributed by atoms with Gasteiger partial charge in [0.05, 0.1) is 12.2 Å². The number of hydrogen-bond donors (Lipinski definition) is 8. The number of phenolic OH excluding ortho intramolecular Hbond substituents is 1. The third-order valence-electron chi connectivity index (χ3n) is 5.12. The van der Waals surface area contributed by atoms with Gasteiger partial charge < -0.3 is 42.1 Å². The summed E-state index contributed by atoms with van der Waals surface area (Å²) in [5.41, 5.74) is 6.11. The van der Waals surface area contributed by atoms with Gasteiger partial charge in [-0.2, -0.15) is 0 Å². The zero-order chi connectivity index (χ0) is 26.2. The molecule has 0 bridgehead atoms. The molecule has 0 fully saturated rings. The number of rotatable bonds is 12. The summed E-state index contributed by atoms with van der Waals surface area (Å²) in [5.74, 6) is -4.29. The molecule has 0 aliphatic rings. The number of aliphatic hydroxyl groups excluding tert-OH is 2. The first-order valence-electron chi connectivity index (χ1n) is 10.8. The molecule has 1 aromatic rings. The number of hydrogen-bond acceptors (Lipinski definition) is 8. The largest absolute Gasteiger partial charge is 0.508 e. The first-order valence-corrected chi connectivity index (χ1v) is 10.8. The Morgan fingerprint density at radius 3 is 1.76 bits per heavy atom. The molecule has 9 N–H and O–H groups in total. The van der Waals surface area contributed by atoms with E-state index in [4.69, 9.17) is 5.73 Å². The van der Waals surface area contributed by atoms with Gasteiger partial charge in [0.25, 0.3) is 0 Å². The van der Waals surface area contributed by atoms with Crippen molar-refractivity contribution in [3.05, 3.63) is 29.8 Å². The first kappa shape index (κ1) is 28.8. The first-order chi connectivity index (χ1) is 15.7. The van der Waals surface area contributed by atoms with Gasteiger partial charge in [-0.3, -0.25) is 14.4 Å². The van der Waals surface area contributed by atoms with Crippen molar-refractivity contribution in [2.45, 2.75) is 70.5 Å². The van der Waals surface area contributed by atoms with E-state index in [1.165, 1.54) is 38.1 Å². The van der Waals surface area contributed by atoms with Gasteiger partial charge >= 0.3 is 5.97 Å². The summed E-state index contributed by atoms with van der Waals surface area (Å²) in [6.07, 6.45) is -2.63. The molecular weight excluding hydrogens is 448 g/mol. The maximum absolute atomic E-state index is 12.9. The third-order valence-corrected chi connectivity index (χ3v) is 5.12. The van der Waals surface area contributed by atoms with E-state index in [0.29, 0.717) is 5.56 Å². The Morgan fingerprint density at radius 2 is 1.32 bits per heavy atom. The number of aliphatic hydroxyl groups is 2. The summed E-state index contributed by atoms with van der Waals surface area (Å²) in [5, 5.41) is 45.4. The normalized spacial score (nSPS) is 16.5. The van der Waals surface area contributed by atoms with E-state index in [0.717, 1.165) is 0 Å². The van der Waals surface area contributed by atoms with Crippen molar-refractivity contribution in [1.82, 2.24) is 16.0 Å². The maximum Gasteiger partial charge on any atom is 0.326 e. The molecule has 34 heavy (non-hydrogen) atoms. The van der Waals surface area contributed by atoms with E-state index in [2.05, 4.69) is 16.0 Å². The summed E-state index contributed by atoms with van der Waals surface area (Å²) in [7, 11) is 0. The van der Waals surface area contributed by atoms with Gasteiger partial charge in [0, 0.05) is 6.42 Å². The molecule has 1 aromatic carbocycles. The Kier molecular flexibility index (Phi) is 10.9. The van der Waals surface area contributed by atoms with Crippen LogP contribution in [0.1, 0.15) is 33.3 Å². The van der Waals surface area contributed by atoms with E-state index in [-0.39, 0.29) is 12.2 Å². The minimum absolute atomic E-state index is 0.0106. The minimum atomic E-state index is -1.47. The van der Waals surface area contributed by atoms with Gasteiger partial charge in [-0.25, -0.2) is 4.79 Å². The zero-order valence-electron chi connectivity index (χ0n) is 19.6. The van der Waals surface area contributed by atoms with Crippen molar-refractivity contribution in [3.63, 3.8) is 0 Å². The Balaban J connectivity index is 2.95. The monoisotopic (exact) mass is 482 g/mol. The number of carbonyl (C=O) groups excluding carboxylic acids is 3. The van der Waals surface area contributed by atoms with Crippen molar-refractivity contribution < 1.29 is 39.6 Å². The molecule has 0 aliphatic heterocycles. The molecule has 0 aliphatic carbocycles. The Morgan fingerprint density at radius 1 is 0.824 bits per heavy atom. The van der Waals surface area contributed by atoms with Gasteiger partial charge in [-0.05, 0) is 37.5 Å². The smallest absolute Gasteiger partial charge is 0.326 e. The van der Waals surface area contributed by atoms with E-state index in [1.807, 2.05) is 0 Å². The molecule has 3 amide bonds. The highest BCUT2D eigenvalue weighted by Crippen LogP contribution is 2.12.